The van der Waals surface area contributed by atoms with Crippen LogP contribution in [0.2, 0.25) is 0 Å². The lowest BCUT2D eigenvalue weighted by Crippen LogP contribution is -2.35. The molecule has 1 heterocycles. The van der Waals surface area contributed by atoms with Gasteiger partial charge in [0.05, 0.1) is 6.54 Å². The van der Waals surface area contributed by atoms with Crippen molar-refractivity contribution in [3.63, 3.8) is 0 Å². The Morgan fingerprint density at radius 1 is 1.80 bits per heavy atom. The molecule has 2 amide bonds. The number of amides is 2. The molecule has 0 bridgehead atoms. The zero-order chi connectivity index (χ0) is 7.56. The third kappa shape index (κ3) is 1.54. The van der Waals surface area contributed by atoms with Crippen molar-refractivity contribution in [1.82, 2.24) is 10.4 Å². The number of nitrogens with zero attached hydrogens (tertiary/aromatic N) is 1. The average molecular weight is 181 g/mol. The Morgan fingerprint density at radius 2 is 2.50 bits per heavy atom. The van der Waals surface area contributed by atoms with E-state index < -0.39 is 0 Å². The molecule has 0 saturated carbocycles. The first-order valence-corrected chi connectivity index (χ1v) is 4.28. The van der Waals surface area contributed by atoms with Crippen LogP contribution in [-0.2, 0) is 4.79 Å². The van der Waals surface area contributed by atoms with E-state index in [2.05, 4.69) is 5.43 Å². The lowest BCUT2D eigenvalue weighted by molar-refractivity contribution is -0.120. The maximum absolute atomic E-state index is 10.7. The van der Waals surface area contributed by atoms with Gasteiger partial charge >= 0.3 is 5.24 Å². The molecule has 1 saturated heterocycles. The van der Waals surface area contributed by atoms with Crippen LogP contribution in [0.1, 0.15) is 6.42 Å². The highest BCUT2D eigenvalue weighted by atomic mass is 35.7. The third-order valence-corrected chi connectivity index (χ3v) is 1.86. The first-order chi connectivity index (χ1) is 4.74. The molecule has 0 aromatic carbocycles. The normalized spacial score (nSPS) is 17.3. The van der Waals surface area contributed by atoms with Crippen LogP contribution in [0.3, 0.4) is 0 Å². The number of carbonyl (C=O) groups excluding carboxylic acids is 2. The minimum Gasteiger partial charge on any atom is -0.273 e. The second-order valence-corrected chi connectivity index (χ2v) is 2.75. The topological polar surface area (TPSA) is 49.4 Å². The van der Waals surface area contributed by atoms with Gasteiger partial charge in [0.2, 0.25) is 5.91 Å². The van der Waals surface area contributed by atoms with E-state index in [1.165, 1.54) is 5.01 Å². The molecule has 0 atom stereocenters. The molecular formula is C4H5ClN2O2S. The van der Waals surface area contributed by atoms with Crippen LogP contribution in [0, 0.1) is 0 Å². The van der Waals surface area contributed by atoms with Crippen LogP contribution in [0.5, 0.6) is 0 Å². The number of carbonyl (C=O) groups is 2. The highest BCUT2D eigenvalue weighted by Crippen LogP contribution is 2.13. The predicted molar refractivity (Wildman–Crippen MR) is 38.3 cm³/mol. The molecule has 6 heteroatoms. The van der Waals surface area contributed by atoms with Crippen LogP contribution >= 0.6 is 21.7 Å². The molecule has 1 N–H and O–H groups in total. The van der Waals surface area contributed by atoms with Crippen molar-refractivity contribution < 1.29 is 9.59 Å². The second-order valence-electron chi connectivity index (χ2n) is 1.78. The number of hydrazine groups is 1. The van der Waals surface area contributed by atoms with Crippen molar-refractivity contribution in [1.29, 1.82) is 0 Å². The Morgan fingerprint density at radius 3 is 2.90 bits per heavy atom. The van der Waals surface area contributed by atoms with E-state index in [9.17, 15) is 9.59 Å². The molecule has 1 fully saturated rings. The van der Waals surface area contributed by atoms with Crippen LogP contribution in [0.25, 0.3) is 0 Å². The molecule has 4 nitrogen and oxygen atoms in total. The highest BCUT2D eigenvalue weighted by molar-refractivity contribution is 8.32. The SMILES string of the molecule is O=C1CCN(C(=O)SCl)N1. The lowest BCUT2D eigenvalue weighted by Gasteiger charge is -2.10. The quantitative estimate of drug-likeness (QED) is 0.598. The monoisotopic (exact) mass is 180 g/mol. The van der Waals surface area contributed by atoms with Gasteiger partial charge in [-0.1, -0.05) is 0 Å². The van der Waals surface area contributed by atoms with Crippen LogP contribution in [0.4, 0.5) is 4.79 Å². The van der Waals surface area contributed by atoms with Crippen molar-refractivity contribution in [3.8, 4) is 0 Å². The molecule has 56 valence electrons. The van der Waals surface area contributed by atoms with Gasteiger partial charge in [-0.3, -0.25) is 15.0 Å². The van der Waals surface area contributed by atoms with E-state index in [1.54, 1.807) is 0 Å². The molecule has 1 aliphatic rings. The maximum Gasteiger partial charge on any atom is 0.315 e. The van der Waals surface area contributed by atoms with E-state index in [0.717, 1.165) is 0 Å². The van der Waals surface area contributed by atoms with Gasteiger partial charge in [0.1, 0.15) is 0 Å². The van der Waals surface area contributed by atoms with Crippen molar-refractivity contribution in [2.45, 2.75) is 6.42 Å². The number of halogens is 1. The highest BCUT2D eigenvalue weighted by Gasteiger charge is 2.22. The fraction of sp³-hybridized carbons (Fsp3) is 0.500. The van der Waals surface area contributed by atoms with Gasteiger partial charge in [-0.05, 0) is 10.7 Å². The summed E-state index contributed by atoms with van der Waals surface area (Å²) >= 11 is 0. The average Bonchev–Trinajstić information content (AvgIpc) is 2.34. The van der Waals surface area contributed by atoms with Gasteiger partial charge in [0.25, 0.3) is 0 Å². The molecule has 0 unspecified atom stereocenters. The Balaban J connectivity index is 2.44. The van der Waals surface area contributed by atoms with Crippen molar-refractivity contribution in [3.05, 3.63) is 0 Å². The van der Waals surface area contributed by atoms with Gasteiger partial charge in [-0.2, -0.15) is 0 Å². The molecule has 1 aliphatic heterocycles. The smallest absolute Gasteiger partial charge is 0.273 e. The zero-order valence-electron chi connectivity index (χ0n) is 4.96. The van der Waals surface area contributed by atoms with E-state index in [-0.39, 0.29) is 11.1 Å². The molecule has 0 aromatic rings. The van der Waals surface area contributed by atoms with Gasteiger partial charge in [-0.15, -0.1) is 0 Å². The molecule has 1 rings (SSSR count). The van der Waals surface area contributed by atoms with Crippen LogP contribution in [0.15, 0.2) is 0 Å². The standard InChI is InChI=1S/C4H5ClN2O2S/c5-10-4(9)7-2-1-3(8)6-7/h1-2H2,(H,6,8). The molecule has 0 aliphatic carbocycles. The second kappa shape index (κ2) is 3.12. The molecule has 0 spiro atoms. The summed E-state index contributed by atoms with van der Waals surface area (Å²) in [6.45, 7) is 0.414. The largest absolute Gasteiger partial charge is 0.315 e. The lowest BCUT2D eigenvalue weighted by atomic mass is 10.4. The summed E-state index contributed by atoms with van der Waals surface area (Å²) in [5, 5.41) is 0.854. The molecule has 0 radical (unpaired) electrons. The summed E-state index contributed by atoms with van der Waals surface area (Å²) in [6.07, 6.45) is 0.364. The van der Waals surface area contributed by atoms with E-state index in [1.807, 2.05) is 0 Å². The molecular weight excluding hydrogens is 176 g/mol. The van der Waals surface area contributed by atoms with Gasteiger partial charge < -0.3 is 0 Å². The molecule has 0 aromatic heterocycles. The van der Waals surface area contributed by atoms with Crippen LogP contribution in [-0.4, -0.2) is 22.7 Å². The summed E-state index contributed by atoms with van der Waals surface area (Å²) in [5.41, 5.74) is 2.34. The Labute approximate surface area is 66.4 Å². The Kier molecular flexibility index (Phi) is 2.39. The third-order valence-electron chi connectivity index (χ3n) is 1.11. The van der Waals surface area contributed by atoms with E-state index >= 15 is 0 Å². The first kappa shape index (κ1) is 7.68. The number of hydrogen-bond acceptors (Lipinski definition) is 3. The summed E-state index contributed by atoms with van der Waals surface area (Å²) in [6, 6.07) is 0. The fourth-order valence-electron chi connectivity index (χ4n) is 0.654. The number of rotatable bonds is 0. The van der Waals surface area contributed by atoms with Crippen molar-refractivity contribution >= 4 is 32.8 Å². The maximum atomic E-state index is 10.7. The van der Waals surface area contributed by atoms with Gasteiger partial charge in [0.15, 0.2) is 0 Å². The molecule has 10 heavy (non-hydrogen) atoms. The van der Waals surface area contributed by atoms with E-state index in [4.69, 9.17) is 10.7 Å². The van der Waals surface area contributed by atoms with Gasteiger partial charge in [0, 0.05) is 17.4 Å². The minimum absolute atomic E-state index is 0.140. The fourth-order valence-corrected chi connectivity index (χ4v) is 1.12. The summed E-state index contributed by atoms with van der Waals surface area (Å²) in [5.74, 6) is -0.140. The van der Waals surface area contributed by atoms with E-state index in [0.29, 0.717) is 23.9 Å². The van der Waals surface area contributed by atoms with Crippen molar-refractivity contribution in [2.24, 2.45) is 0 Å². The van der Waals surface area contributed by atoms with Crippen LogP contribution < -0.4 is 5.43 Å². The minimum atomic E-state index is -0.340. The predicted octanol–water partition coefficient (Wildman–Crippen LogP) is 0.730. The number of nitrogens with one attached hydrogen (secondary N) is 1. The van der Waals surface area contributed by atoms with Gasteiger partial charge in [-0.25, -0.2) is 5.01 Å². The Bertz CT molecular complexity index is 175. The Hall–Kier alpha value is -0.420. The number of hydrogen-bond donors (Lipinski definition) is 1. The summed E-state index contributed by atoms with van der Waals surface area (Å²) in [7, 11) is 5.72. The summed E-state index contributed by atoms with van der Waals surface area (Å²) in [4.78, 5) is 21.2. The first-order valence-electron chi connectivity index (χ1n) is 2.63. The summed E-state index contributed by atoms with van der Waals surface area (Å²) < 4.78 is 0. The van der Waals surface area contributed by atoms with Crippen molar-refractivity contribution in [2.75, 3.05) is 6.54 Å². The zero-order valence-corrected chi connectivity index (χ0v) is 6.54.